The molecule has 2 amide bonds. The molecule has 0 aromatic carbocycles. The van der Waals surface area contributed by atoms with Crippen molar-refractivity contribution in [3.05, 3.63) is 23.9 Å². The lowest BCUT2D eigenvalue weighted by atomic mass is 10.2. The minimum absolute atomic E-state index is 0.160. The molecule has 2 heterocycles. The van der Waals surface area contributed by atoms with Gasteiger partial charge < -0.3 is 20.1 Å². The monoisotopic (exact) mass is 319 g/mol. The number of carbonyl (C=O) groups excluding carboxylic acids is 1. The van der Waals surface area contributed by atoms with Crippen molar-refractivity contribution in [2.75, 3.05) is 13.2 Å². The Balaban J connectivity index is 1.41. The Morgan fingerprint density at radius 1 is 1.26 bits per heavy atom. The maximum Gasteiger partial charge on any atom is 0.315 e. The van der Waals surface area contributed by atoms with Crippen molar-refractivity contribution in [1.82, 2.24) is 15.6 Å². The lowest BCUT2D eigenvalue weighted by Crippen LogP contribution is -2.39. The smallest absolute Gasteiger partial charge is 0.315 e. The Hall–Kier alpha value is -1.82. The highest BCUT2D eigenvalue weighted by atomic mass is 16.5. The first kappa shape index (κ1) is 16.1. The molecule has 0 radical (unpaired) electrons. The Labute approximate surface area is 137 Å². The fraction of sp³-hybridized carbons (Fsp3) is 0.647. The van der Waals surface area contributed by atoms with E-state index < -0.39 is 0 Å². The molecule has 0 bridgehead atoms. The van der Waals surface area contributed by atoms with Gasteiger partial charge in [-0.05, 0) is 50.2 Å². The number of amides is 2. The molecule has 126 valence electrons. The van der Waals surface area contributed by atoms with Gasteiger partial charge in [-0.15, -0.1) is 0 Å². The number of carbonyl (C=O) groups is 1. The number of hydrogen-bond acceptors (Lipinski definition) is 4. The van der Waals surface area contributed by atoms with E-state index >= 15 is 0 Å². The number of hydrogen-bond donors (Lipinski definition) is 2. The van der Waals surface area contributed by atoms with Gasteiger partial charge in [0.15, 0.2) is 0 Å². The number of ether oxygens (including phenoxy) is 2. The first-order chi connectivity index (χ1) is 11.3. The summed E-state index contributed by atoms with van der Waals surface area (Å²) in [4.78, 5) is 16.1. The molecule has 2 fully saturated rings. The SMILES string of the molecule is O=C(NCc1ccnc(OC2CCCC2)c1)NCC1CCCO1. The highest BCUT2D eigenvalue weighted by molar-refractivity contribution is 5.73. The van der Waals surface area contributed by atoms with Crippen molar-refractivity contribution >= 4 is 6.03 Å². The highest BCUT2D eigenvalue weighted by Gasteiger charge is 2.17. The Bertz CT molecular complexity index is 512. The first-order valence-corrected chi connectivity index (χ1v) is 8.54. The number of urea groups is 1. The van der Waals surface area contributed by atoms with Gasteiger partial charge in [-0.1, -0.05) is 0 Å². The van der Waals surface area contributed by atoms with Crippen LogP contribution in [0, 0.1) is 0 Å². The van der Waals surface area contributed by atoms with Crippen LogP contribution >= 0.6 is 0 Å². The lowest BCUT2D eigenvalue weighted by molar-refractivity contribution is 0.111. The molecule has 1 saturated carbocycles. The quantitative estimate of drug-likeness (QED) is 0.844. The van der Waals surface area contributed by atoms with Gasteiger partial charge >= 0.3 is 6.03 Å². The molecule has 2 aliphatic rings. The van der Waals surface area contributed by atoms with Crippen molar-refractivity contribution in [2.24, 2.45) is 0 Å². The largest absolute Gasteiger partial charge is 0.474 e. The van der Waals surface area contributed by atoms with E-state index in [-0.39, 0.29) is 12.1 Å². The summed E-state index contributed by atoms with van der Waals surface area (Å²) < 4.78 is 11.4. The molecule has 6 nitrogen and oxygen atoms in total. The van der Waals surface area contributed by atoms with E-state index in [0.717, 1.165) is 37.9 Å². The third kappa shape index (κ3) is 5.10. The second-order valence-corrected chi connectivity index (χ2v) is 6.23. The van der Waals surface area contributed by atoms with Gasteiger partial charge in [0, 0.05) is 32.0 Å². The van der Waals surface area contributed by atoms with Crippen LogP contribution in [0.15, 0.2) is 18.3 Å². The van der Waals surface area contributed by atoms with Crippen molar-refractivity contribution < 1.29 is 14.3 Å². The predicted octanol–water partition coefficient (Wildman–Crippen LogP) is 2.38. The molecule has 23 heavy (non-hydrogen) atoms. The summed E-state index contributed by atoms with van der Waals surface area (Å²) >= 11 is 0. The van der Waals surface area contributed by atoms with Gasteiger partial charge in [0.2, 0.25) is 5.88 Å². The molecule has 1 aliphatic heterocycles. The van der Waals surface area contributed by atoms with Crippen LogP contribution < -0.4 is 15.4 Å². The topological polar surface area (TPSA) is 72.5 Å². The fourth-order valence-electron chi connectivity index (χ4n) is 3.06. The van der Waals surface area contributed by atoms with Gasteiger partial charge in [0.25, 0.3) is 0 Å². The number of nitrogens with zero attached hydrogens (tertiary/aromatic N) is 1. The lowest BCUT2D eigenvalue weighted by Gasteiger charge is -2.13. The molecule has 1 aliphatic carbocycles. The number of aromatic nitrogens is 1. The third-order valence-corrected chi connectivity index (χ3v) is 4.36. The average molecular weight is 319 g/mol. The number of nitrogens with one attached hydrogen (secondary N) is 2. The van der Waals surface area contributed by atoms with E-state index in [0.29, 0.717) is 25.1 Å². The van der Waals surface area contributed by atoms with Gasteiger partial charge in [-0.25, -0.2) is 9.78 Å². The van der Waals surface area contributed by atoms with Crippen LogP contribution in [0.4, 0.5) is 4.79 Å². The van der Waals surface area contributed by atoms with Gasteiger partial charge in [-0.3, -0.25) is 0 Å². The van der Waals surface area contributed by atoms with Crippen LogP contribution in [0.2, 0.25) is 0 Å². The zero-order valence-corrected chi connectivity index (χ0v) is 13.4. The Morgan fingerprint density at radius 3 is 2.91 bits per heavy atom. The zero-order chi connectivity index (χ0) is 15.9. The molecule has 6 heteroatoms. The van der Waals surface area contributed by atoms with Gasteiger partial charge in [-0.2, -0.15) is 0 Å². The fourth-order valence-corrected chi connectivity index (χ4v) is 3.06. The summed E-state index contributed by atoms with van der Waals surface area (Å²) in [5, 5.41) is 5.70. The van der Waals surface area contributed by atoms with E-state index in [1.807, 2.05) is 12.1 Å². The van der Waals surface area contributed by atoms with E-state index in [2.05, 4.69) is 15.6 Å². The molecule has 2 N–H and O–H groups in total. The first-order valence-electron chi connectivity index (χ1n) is 8.54. The van der Waals surface area contributed by atoms with Gasteiger partial charge in [0.1, 0.15) is 6.10 Å². The molecule has 1 aromatic heterocycles. The van der Waals surface area contributed by atoms with E-state index in [1.165, 1.54) is 12.8 Å². The summed E-state index contributed by atoms with van der Waals surface area (Å²) in [7, 11) is 0. The molecule has 1 saturated heterocycles. The van der Waals surface area contributed by atoms with Crippen molar-refractivity contribution in [3.8, 4) is 5.88 Å². The second kappa shape index (κ2) is 8.15. The molecular weight excluding hydrogens is 294 g/mol. The molecular formula is C17H25N3O3. The molecule has 1 unspecified atom stereocenters. The molecule has 1 atom stereocenters. The minimum Gasteiger partial charge on any atom is -0.474 e. The van der Waals surface area contributed by atoms with Gasteiger partial charge in [0.05, 0.1) is 6.10 Å². The molecule has 1 aromatic rings. The standard InChI is InChI=1S/C17H25N3O3/c21-17(20-12-15-6-3-9-22-15)19-11-13-7-8-18-16(10-13)23-14-4-1-2-5-14/h7-8,10,14-15H,1-6,9,11-12H2,(H2,19,20,21). The Morgan fingerprint density at radius 2 is 2.13 bits per heavy atom. The van der Waals surface area contributed by atoms with Crippen LogP contribution in [-0.4, -0.2) is 36.4 Å². The number of rotatable bonds is 6. The van der Waals surface area contributed by atoms with Crippen molar-refractivity contribution in [2.45, 2.75) is 57.3 Å². The van der Waals surface area contributed by atoms with Crippen LogP contribution in [0.25, 0.3) is 0 Å². The van der Waals surface area contributed by atoms with Crippen molar-refractivity contribution in [3.63, 3.8) is 0 Å². The zero-order valence-electron chi connectivity index (χ0n) is 13.4. The maximum absolute atomic E-state index is 11.8. The van der Waals surface area contributed by atoms with Crippen LogP contribution in [0.3, 0.4) is 0 Å². The van der Waals surface area contributed by atoms with Crippen LogP contribution in [0.5, 0.6) is 5.88 Å². The summed E-state index contributed by atoms with van der Waals surface area (Å²) in [5.41, 5.74) is 0.986. The summed E-state index contributed by atoms with van der Waals surface area (Å²) in [6, 6.07) is 3.62. The summed E-state index contributed by atoms with van der Waals surface area (Å²) in [6.45, 7) is 1.83. The van der Waals surface area contributed by atoms with E-state index in [9.17, 15) is 4.79 Å². The highest BCUT2D eigenvalue weighted by Crippen LogP contribution is 2.23. The maximum atomic E-state index is 11.8. The second-order valence-electron chi connectivity index (χ2n) is 6.23. The van der Waals surface area contributed by atoms with E-state index in [4.69, 9.17) is 9.47 Å². The van der Waals surface area contributed by atoms with Crippen molar-refractivity contribution in [1.29, 1.82) is 0 Å². The third-order valence-electron chi connectivity index (χ3n) is 4.36. The Kier molecular flexibility index (Phi) is 5.69. The van der Waals surface area contributed by atoms with E-state index in [1.54, 1.807) is 6.20 Å². The summed E-state index contributed by atoms with van der Waals surface area (Å²) in [5.74, 6) is 0.649. The summed E-state index contributed by atoms with van der Waals surface area (Å²) in [6.07, 6.45) is 8.96. The van der Waals surface area contributed by atoms with Crippen LogP contribution in [-0.2, 0) is 11.3 Å². The minimum atomic E-state index is -0.171. The molecule has 3 rings (SSSR count). The molecule has 0 spiro atoms. The number of pyridine rings is 1. The predicted molar refractivity (Wildman–Crippen MR) is 86.3 cm³/mol. The van der Waals surface area contributed by atoms with Crippen LogP contribution in [0.1, 0.15) is 44.1 Å². The average Bonchev–Trinajstić information content (AvgIpc) is 3.25. The normalized spacial score (nSPS) is 21.3.